The van der Waals surface area contributed by atoms with Gasteiger partial charge in [0.15, 0.2) is 0 Å². The van der Waals surface area contributed by atoms with E-state index in [1.54, 1.807) is 25.3 Å². The van der Waals surface area contributed by atoms with Crippen LogP contribution in [0.25, 0.3) is 5.69 Å². The Kier molecular flexibility index (Phi) is 5.80. The van der Waals surface area contributed by atoms with Crippen LogP contribution in [0.3, 0.4) is 0 Å². The summed E-state index contributed by atoms with van der Waals surface area (Å²) in [4.78, 5) is 2.35. The smallest absolute Gasteiger partial charge is 0.411 e. The Labute approximate surface area is 156 Å². The van der Waals surface area contributed by atoms with Crippen LogP contribution in [0.15, 0.2) is 22.2 Å². The van der Waals surface area contributed by atoms with Crippen molar-refractivity contribution in [1.82, 2.24) is 9.78 Å². The zero-order chi connectivity index (χ0) is 18.9. The lowest BCUT2D eigenvalue weighted by molar-refractivity contribution is -0.137. The molecule has 25 heavy (non-hydrogen) atoms. The Hall–Kier alpha value is -1.58. The summed E-state index contributed by atoms with van der Waals surface area (Å²) in [5.74, 6) is 0.533. The van der Waals surface area contributed by atoms with Gasteiger partial charge in [-0.05, 0) is 18.4 Å². The van der Waals surface area contributed by atoms with Crippen LogP contribution in [0.4, 0.5) is 19.0 Å². The Morgan fingerprint density at radius 1 is 1.28 bits per heavy atom. The highest BCUT2D eigenvalue weighted by molar-refractivity contribution is 7.98. The molecule has 0 fully saturated rings. The Bertz CT molecular complexity index is 798. The number of aromatic nitrogens is 2. The molecule has 1 aromatic carbocycles. The van der Waals surface area contributed by atoms with E-state index in [1.807, 2.05) is 0 Å². The summed E-state index contributed by atoms with van der Waals surface area (Å²) >= 11 is 13.5. The fourth-order valence-corrected chi connectivity index (χ4v) is 3.63. The molecule has 2 aromatic rings. The lowest BCUT2D eigenvalue weighted by atomic mass is 10.2. The van der Waals surface area contributed by atoms with Gasteiger partial charge in [0.05, 0.1) is 26.7 Å². The normalized spacial score (nSPS) is 12.2. The van der Waals surface area contributed by atoms with Gasteiger partial charge >= 0.3 is 6.18 Å². The fourth-order valence-electron chi connectivity index (χ4n) is 2.23. The minimum Gasteiger partial charge on any atom is -0.411 e. The van der Waals surface area contributed by atoms with E-state index in [0.717, 1.165) is 18.3 Å². The molecule has 0 aliphatic carbocycles. The van der Waals surface area contributed by atoms with Crippen molar-refractivity contribution in [3.8, 4) is 5.69 Å². The number of hydrogen-bond donors (Lipinski definition) is 1. The van der Waals surface area contributed by atoms with Crippen molar-refractivity contribution in [2.75, 3.05) is 25.3 Å². The molecule has 0 aliphatic heterocycles. The van der Waals surface area contributed by atoms with E-state index in [9.17, 15) is 13.2 Å². The van der Waals surface area contributed by atoms with Gasteiger partial charge in [-0.1, -0.05) is 28.4 Å². The average Bonchev–Trinajstić information content (AvgIpc) is 2.84. The van der Waals surface area contributed by atoms with Crippen molar-refractivity contribution in [2.45, 2.75) is 11.1 Å². The summed E-state index contributed by atoms with van der Waals surface area (Å²) < 4.78 is 40.1. The molecule has 1 aromatic heterocycles. The summed E-state index contributed by atoms with van der Waals surface area (Å²) in [6.07, 6.45) is -1.65. The molecule has 0 spiro atoms. The Morgan fingerprint density at radius 3 is 2.24 bits per heavy atom. The van der Waals surface area contributed by atoms with Crippen LogP contribution in [0.2, 0.25) is 10.0 Å². The van der Waals surface area contributed by atoms with E-state index < -0.39 is 11.7 Å². The lowest BCUT2D eigenvalue weighted by Gasteiger charge is -2.19. The number of halogens is 5. The summed E-state index contributed by atoms with van der Waals surface area (Å²) in [5, 5.41) is 15.6. The van der Waals surface area contributed by atoms with Gasteiger partial charge in [-0.2, -0.15) is 18.3 Å². The maximum Gasteiger partial charge on any atom is 0.416 e. The summed E-state index contributed by atoms with van der Waals surface area (Å²) in [7, 11) is 3.47. The SMILES string of the molecule is CSc1c(/C=N/O)nn(-c2c(Cl)cc(C(F)(F)F)cc2Cl)c1N(C)C. The third kappa shape index (κ3) is 3.83. The van der Waals surface area contributed by atoms with Crippen LogP contribution >= 0.6 is 35.0 Å². The van der Waals surface area contributed by atoms with Gasteiger partial charge < -0.3 is 10.1 Å². The van der Waals surface area contributed by atoms with Crippen molar-refractivity contribution < 1.29 is 18.4 Å². The quantitative estimate of drug-likeness (QED) is 0.339. The molecule has 0 atom stereocenters. The molecule has 0 saturated carbocycles. The summed E-state index contributed by atoms with van der Waals surface area (Å²) in [6, 6.07) is 1.59. The Balaban J connectivity index is 2.78. The van der Waals surface area contributed by atoms with Crippen LogP contribution in [0.1, 0.15) is 11.3 Å². The summed E-state index contributed by atoms with van der Waals surface area (Å²) in [6.45, 7) is 0. The van der Waals surface area contributed by atoms with Gasteiger partial charge in [0, 0.05) is 14.1 Å². The average molecular weight is 413 g/mol. The van der Waals surface area contributed by atoms with Gasteiger partial charge in [0.2, 0.25) is 0 Å². The van der Waals surface area contributed by atoms with Crippen molar-refractivity contribution in [1.29, 1.82) is 0 Å². The van der Waals surface area contributed by atoms with Crippen LogP contribution in [-0.4, -0.2) is 41.6 Å². The first-order valence-electron chi connectivity index (χ1n) is 6.70. The van der Waals surface area contributed by atoms with E-state index in [1.165, 1.54) is 16.4 Å². The van der Waals surface area contributed by atoms with Gasteiger partial charge in [-0.25, -0.2) is 4.68 Å². The predicted molar refractivity (Wildman–Crippen MR) is 94.1 cm³/mol. The van der Waals surface area contributed by atoms with Crippen LogP contribution in [-0.2, 0) is 6.18 Å². The van der Waals surface area contributed by atoms with E-state index in [-0.39, 0.29) is 15.7 Å². The largest absolute Gasteiger partial charge is 0.416 e. The predicted octanol–water partition coefficient (Wildman–Crippen LogP) is 4.79. The molecule has 1 N–H and O–H groups in total. The molecular formula is C14H13Cl2F3N4OS. The number of benzene rings is 1. The van der Waals surface area contributed by atoms with E-state index in [4.69, 9.17) is 28.4 Å². The molecule has 11 heteroatoms. The van der Waals surface area contributed by atoms with Crippen LogP contribution in [0, 0.1) is 0 Å². The van der Waals surface area contributed by atoms with Crippen molar-refractivity contribution in [3.63, 3.8) is 0 Å². The highest BCUT2D eigenvalue weighted by atomic mass is 35.5. The molecule has 2 rings (SSSR count). The molecule has 0 radical (unpaired) electrons. The highest BCUT2D eigenvalue weighted by Gasteiger charge is 2.33. The van der Waals surface area contributed by atoms with Gasteiger partial charge in [-0.15, -0.1) is 11.8 Å². The van der Waals surface area contributed by atoms with E-state index in [2.05, 4.69) is 10.3 Å². The zero-order valence-corrected chi connectivity index (χ0v) is 15.6. The van der Waals surface area contributed by atoms with E-state index in [0.29, 0.717) is 16.4 Å². The lowest BCUT2D eigenvalue weighted by Crippen LogP contribution is -2.16. The first-order valence-corrected chi connectivity index (χ1v) is 8.68. The molecule has 0 unspecified atom stereocenters. The minimum absolute atomic E-state index is 0.105. The van der Waals surface area contributed by atoms with Crippen molar-refractivity contribution in [2.24, 2.45) is 5.16 Å². The first kappa shape index (κ1) is 19.7. The van der Waals surface area contributed by atoms with Crippen LogP contribution in [0.5, 0.6) is 0 Å². The second-order valence-corrected chi connectivity index (χ2v) is 6.71. The second kappa shape index (κ2) is 7.35. The topological polar surface area (TPSA) is 53.7 Å². The number of thioether (sulfide) groups is 1. The Morgan fingerprint density at radius 2 is 1.84 bits per heavy atom. The molecule has 0 amide bonds. The van der Waals surface area contributed by atoms with Gasteiger partial charge in [0.1, 0.15) is 17.2 Å². The number of anilines is 1. The van der Waals surface area contributed by atoms with Crippen molar-refractivity contribution in [3.05, 3.63) is 33.4 Å². The molecule has 0 aliphatic rings. The number of alkyl halides is 3. The molecule has 136 valence electrons. The molecular weight excluding hydrogens is 400 g/mol. The standard InChI is InChI=1S/C14H13Cl2F3N4OS/c1-22(2)13-12(25-3)10(6-20-24)21-23(13)11-8(15)4-7(5-9(11)16)14(17,18)19/h4-6,24H,1-3H3/b20-6+. The third-order valence-corrected chi connectivity index (χ3v) is 4.58. The van der Waals surface area contributed by atoms with E-state index >= 15 is 0 Å². The maximum absolute atomic E-state index is 12.9. The molecule has 0 bridgehead atoms. The van der Waals surface area contributed by atoms with Crippen molar-refractivity contribution >= 4 is 47.0 Å². The number of oxime groups is 1. The third-order valence-electron chi connectivity index (χ3n) is 3.21. The maximum atomic E-state index is 12.9. The number of rotatable bonds is 4. The van der Waals surface area contributed by atoms with Crippen LogP contribution < -0.4 is 4.90 Å². The number of nitrogens with zero attached hydrogens (tertiary/aromatic N) is 4. The van der Waals surface area contributed by atoms with Gasteiger partial charge in [-0.3, -0.25) is 0 Å². The molecule has 5 nitrogen and oxygen atoms in total. The monoisotopic (exact) mass is 412 g/mol. The second-order valence-electron chi connectivity index (χ2n) is 5.08. The fraction of sp³-hybridized carbons (Fsp3) is 0.286. The molecule has 1 heterocycles. The zero-order valence-electron chi connectivity index (χ0n) is 13.3. The highest BCUT2D eigenvalue weighted by Crippen LogP contribution is 2.40. The number of hydrogen-bond acceptors (Lipinski definition) is 5. The minimum atomic E-state index is -4.57. The molecule has 0 saturated heterocycles. The van der Waals surface area contributed by atoms with Gasteiger partial charge in [0.25, 0.3) is 0 Å². The summed E-state index contributed by atoms with van der Waals surface area (Å²) in [5.41, 5.74) is -0.523. The first-order chi connectivity index (χ1) is 11.6.